The largest absolute Gasteiger partial charge is 0.396 e. The average molecular weight is 324 g/mol. The van der Waals surface area contributed by atoms with Gasteiger partial charge in [-0.25, -0.2) is 4.39 Å². The van der Waals surface area contributed by atoms with Crippen LogP contribution in [0.3, 0.4) is 0 Å². The van der Waals surface area contributed by atoms with Crippen molar-refractivity contribution in [2.75, 3.05) is 39.5 Å². The van der Waals surface area contributed by atoms with Crippen LogP contribution in [0.4, 0.5) is 4.39 Å². The Hall–Kier alpha value is -1.99. The number of hydrogen-bond donors (Lipinski definition) is 2. The van der Waals surface area contributed by atoms with Gasteiger partial charge in [0.15, 0.2) is 0 Å². The van der Waals surface area contributed by atoms with Crippen molar-refractivity contribution >= 4 is 11.8 Å². The fourth-order valence-corrected chi connectivity index (χ4v) is 2.40. The molecule has 1 aromatic rings. The molecule has 1 atom stereocenters. The van der Waals surface area contributed by atoms with Gasteiger partial charge >= 0.3 is 0 Å². The molecule has 1 saturated heterocycles. The molecule has 1 aliphatic rings. The molecule has 6 nitrogen and oxygen atoms in total. The minimum absolute atomic E-state index is 0.0339. The van der Waals surface area contributed by atoms with Gasteiger partial charge in [-0.15, -0.1) is 0 Å². The van der Waals surface area contributed by atoms with Crippen molar-refractivity contribution in [3.8, 4) is 0 Å². The molecule has 2 amide bonds. The van der Waals surface area contributed by atoms with Crippen LogP contribution in [0.15, 0.2) is 24.3 Å². The molecule has 23 heavy (non-hydrogen) atoms. The Balaban J connectivity index is 1.80. The summed E-state index contributed by atoms with van der Waals surface area (Å²) in [5.41, 5.74) is -0.0385. The van der Waals surface area contributed by atoms with Crippen LogP contribution in [-0.2, 0) is 9.53 Å². The number of benzene rings is 1. The number of amides is 2. The Bertz CT molecular complexity index is 553. The van der Waals surface area contributed by atoms with Crippen LogP contribution >= 0.6 is 0 Å². The van der Waals surface area contributed by atoms with E-state index in [-0.39, 0.29) is 37.0 Å². The van der Waals surface area contributed by atoms with Crippen LogP contribution in [0, 0.1) is 11.7 Å². The van der Waals surface area contributed by atoms with Gasteiger partial charge in [0.25, 0.3) is 5.91 Å². The maximum Gasteiger partial charge on any atom is 0.254 e. The molecule has 1 unspecified atom stereocenters. The molecule has 0 saturated carbocycles. The third-order valence-corrected chi connectivity index (χ3v) is 3.69. The Morgan fingerprint density at radius 2 is 2.17 bits per heavy atom. The van der Waals surface area contributed by atoms with Crippen molar-refractivity contribution in [2.24, 2.45) is 5.92 Å². The second-order valence-corrected chi connectivity index (χ2v) is 5.45. The molecule has 1 aromatic carbocycles. The summed E-state index contributed by atoms with van der Waals surface area (Å²) in [6.07, 6.45) is 0.123. The van der Waals surface area contributed by atoms with E-state index in [1.54, 1.807) is 11.0 Å². The molecule has 1 aliphatic heterocycles. The predicted octanol–water partition coefficient (Wildman–Crippen LogP) is 0.413. The molecule has 2 rings (SSSR count). The Morgan fingerprint density at radius 3 is 2.91 bits per heavy atom. The lowest BCUT2D eigenvalue weighted by atomic mass is 10.1. The standard InChI is InChI=1S/C16H21FN2O4/c17-14-4-2-1-3-13(14)16(22)18-6-5-15(21)19-7-8-23-11-12(9-19)10-20/h1-4,12,20H,5-11H2,(H,18,22). The molecule has 0 aliphatic carbocycles. The van der Waals surface area contributed by atoms with Gasteiger partial charge < -0.3 is 20.1 Å². The third-order valence-electron chi connectivity index (χ3n) is 3.69. The van der Waals surface area contributed by atoms with E-state index < -0.39 is 11.7 Å². The molecule has 7 heteroatoms. The predicted molar refractivity (Wildman–Crippen MR) is 81.3 cm³/mol. The van der Waals surface area contributed by atoms with E-state index in [2.05, 4.69) is 5.32 Å². The summed E-state index contributed by atoms with van der Waals surface area (Å²) in [7, 11) is 0. The molecule has 0 aromatic heterocycles. The SMILES string of the molecule is O=C(NCCC(=O)N1CCOCC(CO)C1)c1ccccc1F. The van der Waals surface area contributed by atoms with Crippen LogP contribution in [0.2, 0.25) is 0 Å². The van der Waals surface area contributed by atoms with Crippen molar-refractivity contribution in [2.45, 2.75) is 6.42 Å². The summed E-state index contributed by atoms with van der Waals surface area (Å²) in [6.45, 7) is 1.88. The molecular weight excluding hydrogens is 303 g/mol. The molecule has 0 radical (unpaired) electrons. The van der Waals surface area contributed by atoms with Gasteiger partial charge in [0.05, 0.1) is 18.8 Å². The van der Waals surface area contributed by atoms with E-state index >= 15 is 0 Å². The van der Waals surface area contributed by atoms with Crippen molar-refractivity contribution in [1.82, 2.24) is 10.2 Å². The topological polar surface area (TPSA) is 78.9 Å². The van der Waals surface area contributed by atoms with Crippen LogP contribution in [-0.4, -0.2) is 61.3 Å². The highest BCUT2D eigenvalue weighted by molar-refractivity contribution is 5.94. The monoisotopic (exact) mass is 324 g/mol. The minimum atomic E-state index is -0.591. The van der Waals surface area contributed by atoms with Crippen LogP contribution in [0.1, 0.15) is 16.8 Å². The second kappa shape index (κ2) is 8.59. The Labute approximate surface area is 134 Å². The highest BCUT2D eigenvalue weighted by Gasteiger charge is 2.22. The fourth-order valence-electron chi connectivity index (χ4n) is 2.40. The number of hydrogen-bond acceptors (Lipinski definition) is 4. The van der Waals surface area contributed by atoms with Crippen LogP contribution in [0.25, 0.3) is 0 Å². The van der Waals surface area contributed by atoms with Gasteiger partial charge in [0.1, 0.15) is 5.82 Å². The first kappa shape index (κ1) is 17.4. The zero-order chi connectivity index (χ0) is 16.7. The molecule has 0 spiro atoms. The number of ether oxygens (including phenoxy) is 1. The van der Waals surface area contributed by atoms with Crippen molar-refractivity contribution in [3.63, 3.8) is 0 Å². The first-order chi connectivity index (χ1) is 11.1. The van der Waals surface area contributed by atoms with Gasteiger partial charge in [-0.2, -0.15) is 0 Å². The number of aliphatic hydroxyl groups is 1. The van der Waals surface area contributed by atoms with E-state index in [0.717, 1.165) is 0 Å². The zero-order valence-corrected chi connectivity index (χ0v) is 12.8. The molecule has 126 valence electrons. The van der Waals surface area contributed by atoms with Gasteiger partial charge in [-0.05, 0) is 12.1 Å². The van der Waals surface area contributed by atoms with E-state index in [4.69, 9.17) is 4.74 Å². The lowest BCUT2D eigenvalue weighted by molar-refractivity contribution is -0.131. The number of nitrogens with zero attached hydrogens (tertiary/aromatic N) is 1. The first-order valence-electron chi connectivity index (χ1n) is 7.61. The van der Waals surface area contributed by atoms with E-state index in [0.29, 0.717) is 26.3 Å². The lowest BCUT2D eigenvalue weighted by Gasteiger charge is -2.22. The lowest BCUT2D eigenvalue weighted by Crippen LogP contribution is -2.38. The summed E-state index contributed by atoms with van der Waals surface area (Å²) in [5, 5.41) is 11.7. The number of nitrogens with one attached hydrogen (secondary N) is 1. The van der Waals surface area contributed by atoms with Crippen molar-refractivity contribution in [1.29, 1.82) is 0 Å². The number of halogens is 1. The van der Waals surface area contributed by atoms with Crippen LogP contribution < -0.4 is 5.32 Å². The van der Waals surface area contributed by atoms with E-state index in [9.17, 15) is 19.1 Å². The first-order valence-corrected chi connectivity index (χ1v) is 7.61. The van der Waals surface area contributed by atoms with Crippen LogP contribution in [0.5, 0.6) is 0 Å². The third kappa shape index (κ3) is 5.01. The minimum Gasteiger partial charge on any atom is -0.396 e. The fraction of sp³-hybridized carbons (Fsp3) is 0.500. The summed E-state index contributed by atoms with van der Waals surface area (Å²) in [5.74, 6) is -1.34. The maximum absolute atomic E-state index is 13.5. The normalized spacial score (nSPS) is 18.3. The molecule has 2 N–H and O–H groups in total. The Morgan fingerprint density at radius 1 is 1.39 bits per heavy atom. The number of carbonyl (C=O) groups is 2. The summed E-state index contributed by atoms with van der Waals surface area (Å²) >= 11 is 0. The van der Waals surface area contributed by atoms with Gasteiger partial charge in [0, 0.05) is 38.6 Å². The number of rotatable bonds is 5. The van der Waals surface area contributed by atoms with E-state index in [1.807, 2.05) is 0 Å². The average Bonchev–Trinajstić information content (AvgIpc) is 2.80. The van der Waals surface area contributed by atoms with Crippen molar-refractivity contribution < 1.29 is 23.8 Å². The summed E-state index contributed by atoms with van der Waals surface area (Å²) in [6, 6.07) is 5.70. The smallest absolute Gasteiger partial charge is 0.254 e. The molecule has 0 bridgehead atoms. The quantitative estimate of drug-likeness (QED) is 0.822. The summed E-state index contributed by atoms with van der Waals surface area (Å²) < 4.78 is 18.8. The maximum atomic E-state index is 13.5. The molecule has 1 fully saturated rings. The number of carbonyl (C=O) groups excluding carboxylic acids is 2. The molecular formula is C16H21FN2O4. The highest BCUT2D eigenvalue weighted by atomic mass is 19.1. The van der Waals surface area contributed by atoms with Gasteiger partial charge in [0.2, 0.25) is 5.91 Å². The number of aliphatic hydroxyl groups excluding tert-OH is 1. The van der Waals surface area contributed by atoms with Gasteiger partial charge in [-0.3, -0.25) is 9.59 Å². The Kier molecular flexibility index (Phi) is 6.49. The molecule has 1 heterocycles. The zero-order valence-electron chi connectivity index (χ0n) is 12.8. The second-order valence-electron chi connectivity index (χ2n) is 5.45. The van der Waals surface area contributed by atoms with E-state index in [1.165, 1.54) is 18.2 Å². The highest BCUT2D eigenvalue weighted by Crippen LogP contribution is 2.08. The van der Waals surface area contributed by atoms with Gasteiger partial charge in [-0.1, -0.05) is 12.1 Å². The summed E-state index contributed by atoms with van der Waals surface area (Å²) in [4.78, 5) is 25.6. The van der Waals surface area contributed by atoms with Crippen molar-refractivity contribution in [3.05, 3.63) is 35.6 Å².